The molecule has 5 atom stereocenters. The van der Waals surface area contributed by atoms with Crippen molar-refractivity contribution < 1.29 is 17.9 Å². The van der Waals surface area contributed by atoms with E-state index in [1.807, 2.05) is 0 Å². The first kappa shape index (κ1) is 14.5. The van der Waals surface area contributed by atoms with Crippen LogP contribution in [0.25, 0.3) is 0 Å². The van der Waals surface area contributed by atoms with E-state index < -0.39 is 11.7 Å². The van der Waals surface area contributed by atoms with Crippen molar-refractivity contribution >= 4 is 0 Å². The molecule has 4 aliphatic carbocycles. The van der Waals surface area contributed by atoms with Crippen LogP contribution in [0.2, 0.25) is 0 Å². The zero-order chi connectivity index (χ0) is 15.8. The van der Waals surface area contributed by atoms with Gasteiger partial charge < -0.3 is 10.5 Å². The SMILES string of the molecule is C[C@H]1C2[C@@H](COCc3cccc(C(F)(F)F)c3)CC13CC23N. The van der Waals surface area contributed by atoms with Gasteiger partial charge in [-0.25, -0.2) is 0 Å². The van der Waals surface area contributed by atoms with Crippen molar-refractivity contribution in [1.82, 2.24) is 0 Å². The second-order valence-electron chi connectivity index (χ2n) is 7.37. The monoisotopic (exact) mass is 311 g/mol. The van der Waals surface area contributed by atoms with Crippen molar-refractivity contribution in [3.63, 3.8) is 0 Å². The van der Waals surface area contributed by atoms with Crippen LogP contribution in [0, 0.1) is 23.2 Å². The molecular weight excluding hydrogens is 291 g/mol. The van der Waals surface area contributed by atoms with Crippen LogP contribution in [0.5, 0.6) is 0 Å². The van der Waals surface area contributed by atoms with Crippen LogP contribution >= 0.6 is 0 Å². The van der Waals surface area contributed by atoms with Gasteiger partial charge in [0.25, 0.3) is 0 Å². The van der Waals surface area contributed by atoms with Crippen molar-refractivity contribution in [3.05, 3.63) is 35.4 Å². The molecule has 1 aromatic carbocycles. The molecule has 5 heteroatoms. The second kappa shape index (κ2) is 4.26. The zero-order valence-corrected chi connectivity index (χ0v) is 12.5. The molecule has 22 heavy (non-hydrogen) atoms. The van der Waals surface area contributed by atoms with Crippen molar-refractivity contribution in [2.45, 2.75) is 38.1 Å². The average Bonchev–Trinajstić information content (AvgIpc) is 2.69. The molecule has 5 rings (SSSR count). The number of rotatable bonds is 4. The highest BCUT2D eigenvalue weighted by molar-refractivity contribution is 5.40. The molecule has 4 saturated carbocycles. The number of alkyl halides is 3. The highest BCUT2D eigenvalue weighted by Crippen LogP contribution is 2.85. The molecule has 0 amide bonds. The molecule has 120 valence electrons. The molecule has 1 spiro atoms. The van der Waals surface area contributed by atoms with Gasteiger partial charge in [-0.15, -0.1) is 0 Å². The van der Waals surface area contributed by atoms with E-state index in [2.05, 4.69) is 6.92 Å². The van der Waals surface area contributed by atoms with Crippen molar-refractivity contribution in [3.8, 4) is 0 Å². The minimum absolute atomic E-state index is 0.0522. The third kappa shape index (κ3) is 1.75. The number of hydrogen-bond donors (Lipinski definition) is 1. The molecule has 0 radical (unpaired) electrons. The quantitative estimate of drug-likeness (QED) is 0.922. The number of benzene rings is 1. The van der Waals surface area contributed by atoms with Gasteiger partial charge in [-0.2, -0.15) is 13.2 Å². The summed E-state index contributed by atoms with van der Waals surface area (Å²) in [6, 6.07) is 5.35. The van der Waals surface area contributed by atoms with Gasteiger partial charge in [-0.3, -0.25) is 0 Å². The summed E-state index contributed by atoms with van der Waals surface area (Å²) in [4.78, 5) is 0. The van der Waals surface area contributed by atoms with Gasteiger partial charge in [0.2, 0.25) is 0 Å². The first-order valence-electron chi connectivity index (χ1n) is 7.81. The number of hydrogen-bond acceptors (Lipinski definition) is 2. The Morgan fingerprint density at radius 2 is 2.14 bits per heavy atom. The van der Waals surface area contributed by atoms with E-state index >= 15 is 0 Å². The second-order valence-corrected chi connectivity index (χ2v) is 7.37. The predicted octanol–water partition coefficient (Wildman–Crippen LogP) is 3.60. The molecule has 0 aliphatic heterocycles. The summed E-state index contributed by atoms with van der Waals surface area (Å²) in [5.74, 6) is 1.69. The molecule has 0 heterocycles. The number of halogens is 3. The largest absolute Gasteiger partial charge is 0.416 e. The first-order valence-corrected chi connectivity index (χ1v) is 7.81. The van der Waals surface area contributed by atoms with Crippen LogP contribution in [0.4, 0.5) is 13.2 Å². The summed E-state index contributed by atoms with van der Waals surface area (Å²) < 4.78 is 43.7. The van der Waals surface area contributed by atoms with Crippen molar-refractivity contribution in [2.75, 3.05) is 6.61 Å². The van der Waals surface area contributed by atoms with Crippen LogP contribution < -0.4 is 5.73 Å². The summed E-state index contributed by atoms with van der Waals surface area (Å²) in [6.45, 7) is 3.10. The predicted molar refractivity (Wildman–Crippen MR) is 75.8 cm³/mol. The third-order valence-corrected chi connectivity index (χ3v) is 6.40. The Labute approximate surface area is 127 Å². The van der Waals surface area contributed by atoms with Crippen molar-refractivity contribution in [2.24, 2.45) is 28.9 Å². The molecule has 2 N–H and O–H groups in total. The van der Waals surface area contributed by atoms with Gasteiger partial charge in [0.15, 0.2) is 0 Å². The van der Waals surface area contributed by atoms with Crippen LogP contribution in [0.3, 0.4) is 0 Å². The van der Waals surface area contributed by atoms with Crippen molar-refractivity contribution in [1.29, 1.82) is 0 Å². The van der Waals surface area contributed by atoms with E-state index in [4.69, 9.17) is 10.5 Å². The van der Waals surface area contributed by atoms with E-state index in [1.54, 1.807) is 6.07 Å². The molecule has 0 aromatic heterocycles. The van der Waals surface area contributed by atoms with Gasteiger partial charge in [-0.05, 0) is 53.7 Å². The maximum Gasteiger partial charge on any atom is 0.416 e. The molecular formula is C17H20F3NO. The molecule has 2 bridgehead atoms. The Morgan fingerprint density at radius 3 is 2.73 bits per heavy atom. The van der Waals surface area contributed by atoms with Gasteiger partial charge in [0.05, 0.1) is 18.8 Å². The zero-order valence-electron chi connectivity index (χ0n) is 12.5. The first-order chi connectivity index (χ1) is 10.3. The minimum atomic E-state index is -4.30. The fourth-order valence-corrected chi connectivity index (χ4v) is 5.41. The molecule has 1 aromatic rings. The highest BCUT2D eigenvalue weighted by atomic mass is 19.4. The van der Waals surface area contributed by atoms with Gasteiger partial charge in [0.1, 0.15) is 0 Å². The Kier molecular flexibility index (Phi) is 2.81. The normalized spacial score (nSPS) is 42.0. The Morgan fingerprint density at radius 1 is 1.36 bits per heavy atom. The fourth-order valence-electron chi connectivity index (χ4n) is 5.41. The van der Waals surface area contributed by atoms with E-state index in [0.29, 0.717) is 35.3 Å². The van der Waals surface area contributed by atoms with Gasteiger partial charge in [0, 0.05) is 5.54 Å². The number of ether oxygens (including phenoxy) is 1. The summed E-state index contributed by atoms with van der Waals surface area (Å²) in [6.07, 6.45) is -2.03. The molecule has 4 fully saturated rings. The van der Waals surface area contributed by atoms with E-state index in [-0.39, 0.29) is 12.1 Å². The average molecular weight is 311 g/mol. The van der Waals surface area contributed by atoms with Crippen LogP contribution in [-0.4, -0.2) is 12.1 Å². The van der Waals surface area contributed by atoms with E-state index in [1.165, 1.54) is 6.07 Å². The Hall–Kier alpha value is -1.07. The fraction of sp³-hybridized carbons (Fsp3) is 0.647. The van der Waals surface area contributed by atoms with Crippen LogP contribution in [-0.2, 0) is 17.5 Å². The summed E-state index contributed by atoms with van der Waals surface area (Å²) in [7, 11) is 0. The molecule has 0 saturated heterocycles. The molecule has 2 nitrogen and oxygen atoms in total. The van der Waals surface area contributed by atoms with E-state index in [9.17, 15) is 13.2 Å². The van der Waals surface area contributed by atoms with E-state index in [0.717, 1.165) is 25.0 Å². The topological polar surface area (TPSA) is 35.2 Å². The van der Waals surface area contributed by atoms with Crippen LogP contribution in [0.15, 0.2) is 24.3 Å². The third-order valence-electron chi connectivity index (χ3n) is 6.40. The smallest absolute Gasteiger partial charge is 0.376 e. The number of nitrogens with two attached hydrogens (primary N) is 1. The minimum Gasteiger partial charge on any atom is -0.376 e. The lowest BCUT2D eigenvalue weighted by Crippen LogP contribution is -2.50. The van der Waals surface area contributed by atoms with Crippen LogP contribution in [0.1, 0.15) is 30.9 Å². The van der Waals surface area contributed by atoms with Gasteiger partial charge in [-0.1, -0.05) is 19.1 Å². The standard InChI is InChI=1S/C17H20F3NO/c1-10-14-12(6-15(10)9-16(14,15)21)8-22-7-11-3-2-4-13(5-11)17(18,19)20/h2-5,10,12,14H,6-9,21H2,1H3/t10-,12+,14?,15?,16?/m0/s1. The summed E-state index contributed by atoms with van der Waals surface area (Å²) in [5.41, 5.74) is 6.75. The Balaban J connectivity index is 1.34. The Bertz CT molecular complexity index is 616. The number of fused-ring (bicyclic) bond motifs is 1. The maximum atomic E-state index is 12.7. The highest BCUT2D eigenvalue weighted by Gasteiger charge is 2.86. The maximum absolute atomic E-state index is 12.7. The lowest BCUT2D eigenvalue weighted by Gasteiger charge is -2.40. The molecule has 4 aliphatic rings. The van der Waals surface area contributed by atoms with Gasteiger partial charge >= 0.3 is 6.18 Å². The lowest BCUT2D eigenvalue weighted by molar-refractivity contribution is -0.137. The molecule has 3 unspecified atom stereocenters. The summed E-state index contributed by atoms with van der Waals surface area (Å²) >= 11 is 0. The summed E-state index contributed by atoms with van der Waals surface area (Å²) in [5, 5.41) is 0. The lowest BCUT2D eigenvalue weighted by atomic mass is 9.68.